The molecule has 1 aromatic heterocycles. The summed E-state index contributed by atoms with van der Waals surface area (Å²) in [6.45, 7) is 0. The molecule has 0 bridgehead atoms. The largest absolute Gasteiger partial charge is 0.393 e. The van der Waals surface area contributed by atoms with Crippen molar-refractivity contribution in [1.82, 2.24) is 9.59 Å². The lowest BCUT2D eigenvalue weighted by Crippen LogP contribution is -2.34. The SMILES string of the molecule is NC(=S)C(Cc1ccccc1)C(=O)Nc1cnns1. The van der Waals surface area contributed by atoms with Gasteiger partial charge in [0.25, 0.3) is 0 Å². The van der Waals surface area contributed by atoms with E-state index in [1.807, 2.05) is 30.3 Å². The summed E-state index contributed by atoms with van der Waals surface area (Å²) in [5, 5.41) is 6.95. The predicted octanol–water partition coefficient (Wildman–Crippen LogP) is 1.62. The first kappa shape index (κ1) is 13.6. The van der Waals surface area contributed by atoms with Gasteiger partial charge in [-0.25, -0.2) is 0 Å². The van der Waals surface area contributed by atoms with Crippen molar-refractivity contribution in [2.45, 2.75) is 6.42 Å². The van der Waals surface area contributed by atoms with Crippen molar-refractivity contribution in [3.05, 3.63) is 42.1 Å². The number of nitrogens with zero attached hydrogens (tertiary/aromatic N) is 2. The van der Waals surface area contributed by atoms with Crippen LogP contribution in [-0.2, 0) is 11.2 Å². The van der Waals surface area contributed by atoms with Crippen LogP contribution in [0.2, 0.25) is 0 Å². The minimum atomic E-state index is -0.542. The van der Waals surface area contributed by atoms with Gasteiger partial charge in [-0.3, -0.25) is 4.79 Å². The Hall–Kier alpha value is -1.86. The molecule has 0 aliphatic rings. The summed E-state index contributed by atoms with van der Waals surface area (Å²) in [7, 11) is 0. The quantitative estimate of drug-likeness (QED) is 0.819. The van der Waals surface area contributed by atoms with Crippen molar-refractivity contribution in [2.75, 3.05) is 5.32 Å². The maximum Gasteiger partial charge on any atom is 0.235 e. The highest BCUT2D eigenvalue weighted by Gasteiger charge is 2.22. The topological polar surface area (TPSA) is 80.9 Å². The Bertz CT molecular complexity index is 556. The van der Waals surface area contributed by atoms with Gasteiger partial charge in [-0.1, -0.05) is 47.0 Å². The number of hydrogen-bond acceptors (Lipinski definition) is 5. The number of thiocarbonyl (C=S) groups is 1. The average molecular weight is 292 g/mol. The average Bonchev–Trinajstić information content (AvgIpc) is 2.89. The molecule has 1 atom stereocenters. The van der Waals surface area contributed by atoms with Crippen molar-refractivity contribution < 1.29 is 4.79 Å². The van der Waals surface area contributed by atoms with Gasteiger partial charge in [0.05, 0.1) is 17.1 Å². The Morgan fingerprint density at radius 1 is 1.42 bits per heavy atom. The number of benzene rings is 1. The second-order valence-corrected chi connectivity index (χ2v) is 5.17. The van der Waals surface area contributed by atoms with Gasteiger partial charge in [0.1, 0.15) is 5.00 Å². The zero-order valence-corrected chi connectivity index (χ0v) is 11.6. The first-order valence-electron chi connectivity index (χ1n) is 5.58. The summed E-state index contributed by atoms with van der Waals surface area (Å²) < 4.78 is 3.68. The molecule has 1 aromatic carbocycles. The number of rotatable bonds is 5. The molecule has 19 heavy (non-hydrogen) atoms. The Morgan fingerprint density at radius 2 is 2.16 bits per heavy atom. The molecule has 7 heteroatoms. The molecule has 0 radical (unpaired) electrons. The van der Waals surface area contributed by atoms with Gasteiger partial charge in [-0.2, -0.15) is 0 Å². The van der Waals surface area contributed by atoms with Crippen LogP contribution in [0.4, 0.5) is 5.00 Å². The molecule has 0 aliphatic carbocycles. The number of carbonyl (C=O) groups is 1. The third kappa shape index (κ3) is 3.80. The zero-order chi connectivity index (χ0) is 13.7. The molecule has 3 N–H and O–H groups in total. The van der Waals surface area contributed by atoms with Crippen LogP contribution in [-0.4, -0.2) is 20.5 Å². The molecular formula is C12H12N4OS2. The van der Waals surface area contributed by atoms with E-state index in [0.29, 0.717) is 11.4 Å². The minimum Gasteiger partial charge on any atom is -0.393 e. The van der Waals surface area contributed by atoms with Gasteiger partial charge in [0.15, 0.2) is 0 Å². The van der Waals surface area contributed by atoms with Gasteiger partial charge in [-0.05, 0) is 12.0 Å². The van der Waals surface area contributed by atoms with E-state index in [9.17, 15) is 4.79 Å². The standard InChI is InChI=1S/C12H12N4OS2/c13-11(18)9(6-8-4-2-1-3-5-8)12(17)15-10-7-14-16-19-10/h1-5,7,9H,6H2,(H2,13,18)(H,15,17). The minimum absolute atomic E-state index is 0.179. The maximum atomic E-state index is 12.1. The molecule has 1 unspecified atom stereocenters. The van der Waals surface area contributed by atoms with Crippen LogP contribution in [0.25, 0.3) is 0 Å². The molecule has 98 valence electrons. The van der Waals surface area contributed by atoms with E-state index < -0.39 is 5.92 Å². The fraction of sp³-hybridized carbons (Fsp3) is 0.167. The van der Waals surface area contributed by atoms with Crippen LogP contribution in [0.5, 0.6) is 0 Å². The molecule has 0 aliphatic heterocycles. The maximum absolute atomic E-state index is 12.1. The lowest BCUT2D eigenvalue weighted by atomic mass is 9.98. The number of nitrogens with one attached hydrogen (secondary N) is 1. The van der Waals surface area contributed by atoms with Crippen molar-refractivity contribution in [3.63, 3.8) is 0 Å². The van der Waals surface area contributed by atoms with Crippen molar-refractivity contribution in [1.29, 1.82) is 0 Å². The fourth-order valence-electron chi connectivity index (χ4n) is 1.60. The number of carbonyl (C=O) groups excluding carboxylic acids is 1. The number of anilines is 1. The van der Waals surface area contributed by atoms with E-state index in [0.717, 1.165) is 17.1 Å². The van der Waals surface area contributed by atoms with Gasteiger partial charge >= 0.3 is 0 Å². The molecule has 0 fully saturated rings. The molecule has 1 amide bonds. The lowest BCUT2D eigenvalue weighted by Gasteiger charge is -2.14. The zero-order valence-electron chi connectivity index (χ0n) is 9.95. The van der Waals surface area contributed by atoms with Gasteiger partial charge in [-0.15, -0.1) is 5.10 Å². The summed E-state index contributed by atoms with van der Waals surface area (Å²) in [6.07, 6.45) is 1.97. The Morgan fingerprint density at radius 3 is 2.74 bits per heavy atom. The highest BCUT2D eigenvalue weighted by molar-refractivity contribution is 7.80. The summed E-state index contributed by atoms with van der Waals surface area (Å²) in [4.78, 5) is 12.3. The van der Waals surface area contributed by atoms with Crippen molar-refractivity contribution in [3.8, 4) is 0 Å². The Balaban J connectivity index is 2.07. The van der Waals surface area contributed by atoms with Crippen LogP contribution in [0.3, 0.4) is 0 Å². The van der Waals surface area contributed by atoms with E-state index in [4.69, 9.17) is 18.0 Å². The Kier molecular flexibility index (Phi) is 4.53. The van der Waals surface area contributed by atoms with Crippen LogP contribution in [0, 0.1) is 5.92 Å². The summed E-state index contributed by atoms with van der Waals surface area (Å²) in [5.41, 5.74) is 6.67. The predicted molar refractivity (Wildman–Crippen MR) is 79.0 cm³/mol. The summed E-state index contributed by atoms with van der Waals surface area (Å²) in [6, 6.07) is 9.62. The Labute approximate surface area is 120 Å². The number of aromatic nitrogens is 2. The normalized spacial score (nSPS) is 11.8. The molecule has 1 heterocycles. The third-order valence-electron chi connectivity index (χ3n) is 2.55. The van der Waals surface area contributed by atoms with E-state index >= 15 is 0 Å². The summed E-state index contributed by atoms with van der Waals surface area (Å²) in [5.74, 6) is -0.776. The van der Waals surface area contributed by atoms with Crippen LogP contribution in [0.1, 0.15) is 5.56 Å². The molecular weight excluding hydrogens is 280 g/mol. The van der Waals surface area contributed by atoms with Gasteiger partial charge in [0, 0.05) is 11.5 Å². The number of amides is 1. The molecule has 0 spiro atoms. The van der Waals surface area contributed by atoms with Gasteiger partial charge < -0.3 is 11.1 Å². The van der Waals surface area contributed by atoms with E-state index in [2.05, 4.69) is 14.9 Å². The van der Waals surface area contributed by atoms with Crippen molar-refractivity contribution >= 4 is 39.6 Å². The highest BCUT2D eigenvalue weighted by atomic mass is 32.1. The first-order chi connectivity index (χ1) is 9.16. The van der Waals surface area contributed by atoms with Gasteiger partial charge in [0.2, 0.25) is 5.91 Å². The van der Waals surface area contributed by atoms with Crippen LogP contribution in [0.15, 0.2) is 36.5 Å². The van der Waals surface area contributed by atoms with E-state index in [1.54, 1.807) is 0 Å². The van der Waals surface area contributed by atoms with E-state index in [1.165, 1.54) is 6.20 Å². The highest BCUT2D eigenvalue weighted by Crippen LogP contribution is 2.15. The lowest BCUT2D eigenvalue weighted by molar-refractivity contribution is -0.117. The monoisotopic (exact) mass is 292 g/mol. The number of hydrogen-bond donors (Lipinski definition) is 2. The molecule has 2 aromatic rings. The van der Waals surface area contributed by atoms with E-state index in [-0.39, 0.29) is 10.9 Å². The first-order valence-corrected chi connectivity index (χ1v) is 6.76. The van der Waals surface area contributed by atoms with Crippen LogP contribution >= 0.6 is 23.8 Å². The summed E-state index contributed by atoms with van der Waals surface area (Å²) >= 11 is 6.09. The molecule has 2 rings (SSSR count). The van der Waals surface area contributed by atoms with Crippen molar-refractivity contribution in [2.24, 2.45) is 11.7 Å². The number of nitrogens with two attached hydrogens (primary N) is 1. The molecule has 0 saturated carbocycles. The smallest absolute Gasteiger partial charge is 0.235 e. The second kappa shape index (κ2) is 6.35. The van der Waals surface area contributed by atoms with Crippen LogP contribution < -0.4 is 11.1 Å². The third-order valence-corrected chi connectivity index (χ3v) is 3.41. The fourth-order valence-corrected chi connectivity index (χ4v) is 2.22. The second-order valence-electron chi connectivity index (χ2n) is 3.92. The molecule has 5 nitrogen and oxygen atoms in total. The molecule has 0 saturated heterocycles.